The number of benzene rings is 1. The van der Waals surface area contributed by atoms with Crippen LogP contribution in [0.2, 0.25) is 10.0 Å². The number of imide groups is 1. The van der Waals surface area contributed by atoms with Crippen molar-refractivity contribution in [1.29, 1.82) is 0 Å². The minimum atomic E-state index is -0.601. The highest BCUT2D eigenvalue weighted by Gasteiger charge is 2.13. The molecule has 0 spiro atoms. The monoisotopic (exact) mass is 370 g/mol. The highest BCUT2D eigenvalue weighted by molar-refractivity contribution is 6.38. The number of urea groups is 1. The van der Waals surface area contributed by atoms with Crippen LogP contribution in [-0.4, -0.2) is 35.1 Å². The fraction of sp³-hybridized carbons (Fsp3) is 0.333. The average molecular weight is 371 g/mol. The molecule has 1 aromatic carbocycles. The molecule has 2 aromatic rings. The van der Waals surface area contributed by atoms with Gasteiger partial charge in [0.25, 0.3) is 5.91 Å². The minimum Gasteiger partial charge on any atom is -0.467 e. The van der Waals surface area contributed by atoms with E-state index in [4.69, 9.17) is 27.9 Å². The molecule has 0 bridgehead atoms. The zero-order valence-electron chi connectivity index (χ0n) is 13.1. The van der Waals surface area contributed by atoms with E-state index in [0.29, 0.717) is 27.5 Å². The summed E-state index contributed by atoms with van der Waals surface area (Å²) in [7, 11) is 0. The summed E-state index contributed by atoms with van der Waals surface area (Å²) in [5, 5.41) is 5.96. The maximum absolute atomic E-state index is 11.7. The highest BCUT2D eigenvalue weighted by atomic mass is 35.5. The van der Waals surface area contributed by atoms with E-state index in [2.05, 4.69) is 20.6 Å². The Morgan fingerprint density at radius 3 is 2.71 bits per heavy atom. The van der Waals surface area contributed by atoms with Crippen molar-refractivity contribution in [3.63, 3.8) is 0 Å². The van der Waals surface area contributed by atoms with E-state index in [9.17, 15) is 9.59 Å². The molecule has 0 unspecified atom stereocenters. The zero-order valence-corrected chi connectivity index (χ0v) is 14.6. The smallest absolute Gasteiger partial charge is 0.321 e. The Morgan fingerprint density at radius 2 is 2.00 bits per heavy atom. The summed E-state index contributed by atoms with van der Waals surface area (Å²) >= 11 is 12.0. The number of aromatic nitrogens is 2. The molecule has 3 amide bonds. The molecule has 0 aliphatic carbocycles. The number of hydrogen-bond acceptors (Lipinski definition) is 5. The number of carbonyl (C=O) groups is 2. The molecule has 0 fully saturated rings. The second kappa shape index (κ2) is 8.12. The van der Waals surface area contributed by atoms with Crippen molar-refractivity contribution in [3.8, 4) is 5.88 Å². The van der Waals surface area contributed by atoms with Gasteiger partial charge in [-0.3, -0.25) is 10.1 Å². The van der Waals surface area contributed by atoms with Crippen LogP contribution in [0.1, 0.15) is 13.8 Å². The fourth-order valence-corrected chi connectivity index (χ4v) is 2.36. The van der Waals surface area contributed by atoms with Crippen molar-refractivity contribution in [1.82, 2.24) is 20.6 Å². The summed E-state index contributed by atoms with van der Waals surface area (Å²) in [6.45, 7) is 3.97. The third kappa shape index (κ3) is 4.94. The quantitative estimate of drug-likeness (QED) is 0.843. The number of amides is 3. The van der Waals surface area contributed by atoms with E-state index in [-0.39, 0.29) is 18.4 Å². The minimum absolute atomic E-state index is 0.155. The number of fused-ring (bicyclic) bond motifs is 1. The molecule has 2 N–H and O–H groups in total. The summed E-state index contributed by atoms with van der Waals surface area (Å²) in [5.41, 5.74) is 0.459. The molecule has 0 saturated carbocycles. The largest absolute Gasteiger partial charge is 0.467 e. The van der Waals surface area contributed by atoms with E-state index in [0.717, 1.165) is 0 Å². The number of ether oxygens (including phenoxy) is 1. The third-order valence-electron chi connectivity index (χ3n) is 2.88. The van der Waals surface area contributed by atoms with Gasteiger partial charge in [0.15, 0.2) is 6.61 Å². The summed E-state index contributed by atoms with van der Waals surface area (Å²) < 4.78 is 5.36. The fourth-order valence-electron chi connectivity index (χ4n) is 1.82. The number of hydrogen-bond donors (Lipinski definition) is 2. The van der Waals surface area contributed by atoms with E-state index < -0.39 is 11.9 Å². The maximum Gasteiger partial charge on any atom is 0.321 e. The molecular weight excluding hydrogens is 355 g/mol. The van der Waals surface area contributed by atoms with Crippen LogP contribution in [0.3, 0.4) is 0 Å². The zero-order chi connectivity index (χ0) is 17.7. The standard InChI is InChI=1S/C15H16Cl2N4O3/c1-8(2)5-18-15(23)21-12(22)6-24-14-10-3-9(16)4-11(17)13(10)19-7-20-14/h3-4,7-8H,5-6H2,1-2H3,(H2,18,21,22,23). The molecule has 1 heterocycles. The summed E-state index contributed by atoms with van der Waals surface area (Å²) in [4.78, 5) is 31.3. The van der Waals surface area contributed by atoms with Crippen molar-refractivity contribution >= 4 is 46.0 Å². The van der Waals surface area contributed by atoms with Gasteiger partial charge in [-0.25, -0.2) is 14.8 Å². The van der Waals surface area contributed by atoms with E-state index in [1.165, 1.54) is 6.33 Å². The Balaban J connectivity index is 2.01. The Hall–Kier alpha value is -2.12. The molecule has 0 aliphatic heterocycles. The van der Waals surface area contributed by atoms with Gasteiger partial charge in [-0.1, -0.05) is 37.0 Å². The van der Waals surface area contributed by atoms with Gasteiger partial charge in [-0.05, 0) is 18.1 Å². The Kier molecular flexibility index (Phi) is 6.16. The van der Waals surface area contributed by atoms with Crippen LogP contribution in [0, 0.1) is 5.92 Å². The molecule has 9 heteroatoms. The number of halogens is 2. The molecule has 1 aromatic heterocycles. The summed E-state index contributed by atoms with van der Waals surface area (Å²) in [5.74, 6) is -0.165. The lowest BCUT2D eigenvalue weighted by Gasteiger charge is -2.10. The van der Waals surface area contributed by atoms with Gasteiger partial charge >= 0.3 is 6.03 Å². The normalized spacial score (nSPS) is 10.7. The predicted octanol–water partition coefficient (Wildman–Crippen LogP) is 2.80. The number of nitrogens with one attached hydrogen (secondary N) is 2. The number of carbonyl (C=O) groups excluding carboxylic acids is 2. The average Bonchev–Trinajstić information content (AvgIpc) is 2.51. The van der Waals surface area contributed by atoms with Crippen LogP contribution >= 0.6 is 23.2 Å². The van der Waals surface area contributed by atoms with Gasteiger partial charge in [0.1, 0.15) is 6.33 Å². The van der Waals surface area contributed by atoms with Gasteiger partial charge < -0.3 is 10.1 Å². The first kappa shape index (κ1) is 18.2. The van der Waals surface area contributed by atoms with Crippen LogP contribution < -0.4 is 15.4 Å². The molecule has 2 rings (SSSR count). The predicted molar refractivity (Wildman–Crippen MR) is 91.4 cm³/mol. The van der Waals surface area contributed by atoms with Crippen LogP contribution in [0.4, 0.5) is 4.79 Å². The molecule has 128 valence electrons. The first-order valence-corrected chi connectivity index (χ1v) is 7.92. The molecular formula is C15H16Cl2N4O3. The van der Waals surface area contributed by atoms with E-state index in [1.54, 1.807) is 12.1 Å². The second-order valence-electron chi connectivity index (χ2n) is 5.40. The lowest BCUT2D eigenvalue weighted by molar-refractivity contribution is -0.122. The SMILES string of the molecule is CC(C)CNC(=O)NC(=O)COc1ncnc2c(Cl)cc(Cl)cc12. The number of nitrogens with zero attached hydrogens (tertiary/aromatic N) is 2. The molecule has 0 aliphatic rings. The Bertz CT molecular complexity index is 768. The van der Waals surface area contributed by atoms with Crippen LogP contribution in [0.25, 0.3) is 10.9 Å². The summed E-state index contributed by atoms with van der Waals surface area (Å²) in [6.07, 6.45) is 1.27. The molecule has 24 heavy (non-hydrogen) atoms. The lowest BCUT2D eigenvalue weighted by atomic mass is 10.2. The molecule has 0 atom stereocenters. The Morgan fingerprint density at radius 1 is 1.25 bits per heavy atom. The molecule has 0 saturated heterocycles. The van der Waals surface area contributed by atoms with Crippen molar-refractivity contribution in [2.45, 2.75) is 13.8 Å². The second-order valence-corrected chi connectivity index (χ2v) is 6.25. The molecule has 7 nitrogen and oxygen atoms in total. The van der Waals surface area contributed by atoms with Crippen molar-refractivity contribution < 1.29 is 14.3 Å². The van der Waals surface area contributed by atoms with Gasteiger partial charge in [-0.15, -0.1) is 0 Å². The molecule has 0 radical (unpaired) electrons. The van der Waals surface area contributed by atoms with Crippen LogP contribution in [0.15, 0.2) is 18.5 Å². The highest BCUT2D eigenvalue weighted by Crippen LogP contribution is 2.30. The van der Waals surface area contributed by atoms with Crippen molar-refractivity contribution in [2.75, 3.05) is 13.2 Å². The van der Waals surface area contributed by atoms with Crippen LogP contribution in [0.5, 0.6) is 5.88 Å². The van der Waals surface area contributed by atoms with Gasteiger partial charge in [0.2, 0.25) is 5.88 Å². The Labute approximate surface area is 148 Å². The number of rotatable bonds is 5. The van der Waals surface area contributed by atoms with Crippen molar-refractivity contribution in [3.05, 3.63) is 28.5 Å². The van der Waals surface area contributed by atoms with E-state index in [1.807, 2.05) is 13.8 Å². The van der Waals surface area contributed by atoms with Crippen LogP contribution in [-0.2, 0) is 4.79 Å². The maximum atomic E-state index is 11.7. The third-order valence-corrected chi connectivity index (χ3v) is 3.39. The topological polar surface area (TPSA) is 93.2 Å². The van der Waals surface area contributed by atoms with E-state index >= 15 is 0 Å². The van der Waals surface area contributed by atoms with Gasteiger partial charge in [0, 0.05) is 11.6 Å². The summed E-state index contributed by atoms with van der Waals surface area (Å²) in [6, 6.07) is 2.57. The first-order chi connectivity index (χ1) is 11.4. The first-order valence-electron chi connectivity index (χ1n) is 7.17. The van der Waals surface area contributed by atoms with Crippen molar-refractivity contribution in [2.24, 2.45) is 5.92 Å². The van der Waals surface area contributed by atoms with Gasteiger partial charge in [0.05, 0.1) is 15.9 Å². The lowest BCUT2D eigenvalue weighted by Crippen LogP contribution is -2.42. The van der Waals surface area contributed by atoms with Gasteiger partial charge in [-0.2, -0.15) is 0 Å².